The van der Waals surface area contributed by atoms with Gasteiger partial charge in [0, 0.05) is 19.4 Å². The van der Waals surface area contributed by atoms with E-state index in [-0.39, 0.29) is 11.6 Å². The molecule has 0 saturated carbocycles. The molecule has 0 aromatic rings. The predicted molar refractivity (Wildman–Crippen MR) is 207 cm³/mol. The van der Waals surface area contributed by atoms with E-state index in [4.69, 9.17) is 0 Å². The van der Waals surface area contributed by atoms with Gasteiger partial charge in [-0.05, 0) is 85.4 Å². The molecule has 3 N–H and O–H groups in total. The van der Waals surface area contributed by atoms with Gasteiger partial charge in [0.25, 0.3) is 0 Å². The largest absolute Gasteiger partial charge is 0.317 e. The fourth-order valence-corrected chi connectivity index (χ4v) is 6.79. The molecule has 47 heavy (non-hydrogen) atoms. The first-order valence-corrected chi connectivity index (χ1v) is 20.4. The second-order valence-electron chi connectivity index (χ2n) is 14.0. The van der Waals surface area contributed by atoms with E-state index in [0.29, 0.717) is 19.4 Å². The molecule has 0 aliphatic rings. The van der Waals surface area contributed by atoms with E-state index in [1.54, 1.807) is 0 Å². The fraction of sp³-hybridized carbons (Fsp3) is 0.857. The summed E-state index contributed by atoms with van der Waals surface area (Å²) in [6, 6.07) is -0.521. The van der Waals surface area contributed by atoms with E-state index >= 15 is 0 Å². The zero-order chi connectivity index (χ0) is 34.7. The molecule has 0 amide bonds. The predicted octanol–water partition coefficient (Wildman–Crippen LogP) is 11.0. The van der Waals surface area contributed by atoms with Crippen LogP contribution < -0.4 is 16.0 Å². The number of carbonyl (C=O) groups excluding carboxylic acids is 2. The maximum atomic E-state index is 13.6. The van der Waals surface area contributed by atoms with Gasteiger partial charge in [0.2, 0.25) is 0 Å². The number of Topliss-reactive ketones (excluding diaryl/α,β-unsaturated/α-hetero) is 2. The lowest BCUT2D eigenvalue weighted by atomic mass is 9.79. The van der Waals surface area contributed by atoms with Crippen LogP contribution in [0.2, 0.25) is 0 Å². The Labute approximate surface area is 293 Å². The highest BCUT2D eigenvalue weighted by Crippen LogP contribution is 2.20. The minimum absolute atomic E-state index is 0.143. The summed E-state index contributed by atoms with van der Waals surface area (Å²) in [5.41, 5.74) is -0.913. The summed E-state index contributed by atoms with van der Waals surface area (Å²) in [5.74, 6) is 0.289. The van der Waals surface area contributed by atoms with Crippen LogP contribution in [-0.2, 0) is 9.59 Å². The van der Waals surface area contributed by atoms with E-state index in [2.05, 4.69) is 54.1 Å². The van der Waals surface area contributed by atoms with Gasteiger partial charge in [0.1, 0.15) is 5.54 Å². The van der Waals surface area contributed by atoms with Gasteiger partial charge < -0.3 is 16.0 Å². The number of hydrogen-bond acceptors (Lipinski definition) is 5. The minimum Gasteiger partial charge on any atom is -0.317 e. The molecule has 0 bridgehead atoms. The van der Waals surface area contributed by atoms with Crippen molar-refractivity contribution >= 4 is 11.6 Å². The number of hydrogen-bond donors (Lipinski definition) is 3. The molecule has 0 saturated heterocycles. The number of allylic oxidation sites excluding steroid dienone is 4. The van der Waals surface area contributed by atoms with Gasteiger partial charge in [-0.2, -0.15) is 0 Å². The molecule has 0 rings (SSSR count). The number of ketones is 2. The van der Waals surface area contributed by atoms with Gasteiger partial charge in [-0.25, -0.2) is 0 Å². The number of likely N-dealkylation sites (N-methyl/N-ethyl adjacent to an activating group) is 3. The molecule has 0 aliphatic heterocycles. The Kier molecular flexibility index (Phi) is 33.6. The Bertz CT molecular complexity index is 765. The van der Waals surface area contributed by atoms with Crippen LogP contribution in [0.3, 0.4) is 0 Å². The molecule has 5 heteroatoms. The van der Waals surface area contributed by atoms with Crippen molar-refractivity contribution in [1.82, 2.24) is 16.0 Å². The zero-order valence-electron chi connectivity index (χ0n) is 32.2. The van der Waals surface area contributed by atoms with Crippen LogP contribution in [0.4, 0.5) is 0 Å². The lowest BCUT2D eigenvalue weighted by Crippen LogP contribution is -2.69. The molecule has 2 atom stereocenters. The number of rotatable bonds is 37. The Morgan fingerprint density at radius 3 is 1.23 bits per heavy atom. The molecule has 5 nitrogen and oxygen atoms in total. The third-order valence-corrected chi connectivity index (χ3v) is 9.85. The van der Waals surface area contributed by atoms with Crippen molar-refractivity contribution in [1.29, 1.82) is 0 Å². The van der Waals surface area contributed by atoms with Gasteiger partial charge in [0.15, 0.2) is 11.6 Å². The first-order valence-electron chi connectivity index (χ1n) is 20.4. The molecular weight excluding hydrogens is 578 g/mol. The summed E-state index contributed by atoms with van der Waals surface area (Å²) in [6.07, 6.45) is 42.8. The first kappa shape index (κ1) is 45.7. The highest BCUT2D eigenvalue weighted by atomic mass is 16.1. The second-order valence-corrected chi connectivity index (χ2v) is 14.0. The molecule has 0 aliphatic carbocycles. The molecule has 0 aromatic heterocycles. The van der Waals surface area contributed by atoms with Crippen molar-refractivity contribution in [3.8, 4) is 0 Å². The maximum absolute atomic E-state index is 13.6. The SMILES string of the molecule is CCCCCCCCC=CCCCCCCCC(=O)C(NC)C(CNC)(NC)C(=O)CCCCCCCC=CCCCCCCCC. The summed E-state index contributed by atoms with van der Waals surface area (Å²) in [7, 11) is 5.51. The van der Waals surface area contributed by atoms with E-state index < -0.39 is 11.6 Å². The van der Waals surface area contributed by atoms with Crippen molar-refractivity contribution in [2.24, 2.45) is 0 Å². The van der Waals surface area contributed by atoms with Crippen molar-refractivity contribution in [2.75, 3.05) is 27.7 Å². The average Bonchev–Trinajstić information content (AvgIpc) is 3.07. The smallest absolute Gasteiger partial charge is 0.156 e. The first-order chi connectivity index (χ1) is 23.0. The lowest BCUT2D eigenvalue weighted by molar-refractivity contribution is -0.133. The number of unbranched alkanes of at least 4 members (excludes halogenated alkanes) is 22. The minimum atomic E-state index is -0.913. The van der Waals surface area contributed by atoms with Crippen molar-refractivity contribution in [3.05, 3.63) is 24.3 Å². The van der Waals surface area contributed by atoms with E-state index in [1.165, 1.54) is 141 Å². The highest BCUT2D eigenvalue weighted by Gasteiger charge is 2.45. The maximum Gasteiger partial charge on any atom is 0.156 e. The summed E-state index contributed by atoms with van der Waals surface area (Å²) in [5, 5.41) is 9.72. The van der Waals surface area contributed by atoms with Crippen molar-refractivity contribution < 1.29 is 9.59 Å². The van der Waals surface area contributed by atoms with Gasteiger partial charge in [-0.15, -0.1) is 0 Å². The molecule has 0 fully saturated rings. The van der Waals surface area contributed by atoms with Crippen LogP contribution in [-0.4, -0.2) is 50.8 Å². The van der Waals surface area contributed by atoms with Crippen LogP contribution in [0.15, 0.2) is 24.3 Å². The number of carbonyl (C=O) groups is 2. The van der Waals surface area contributed by atoms with E-state index in [9.17, 15) is 9.59 Å². The molecule has 2 unspecified atom stereocenters. The van der Waals surface area contributed by atoms with Crippen molar-refractivity contribution in [3.63, 3.8) is 0 Å². The lowest BCUT2D eigenvalue weighted by Gasteiger charge is -2.38. The third-order valence-electron chi connectivity index (χ3n) is 9.85. The van der Waals surface area contributed by atoms with Gasteiger partial charge in [-0.1, -0.05) is 141 Å². The average molecular weight is 660 g/mol. The van der Waals surface area contributed by atoms with Crippen LogP contribution >= 0.6 is 0 Å². The van der Waals surface area contributed by atoms with Crippen LogP contribution in [0.25, 0.3) is 0 Å². The molecule has 0 aromatic carbocycles. The van der Waals surface area contributed by atoms with Gasteiger partial charge >= 0.3 is 0 Å². The van der Waals surface area contributed by atoms with Crippen LogP contribution in [0, 0.1) is 0 Å². The summed E-state index contributed by atoms with van der Waals surface area (Å²) >= 11 is 0. The monoisotopic (exact) mass is 660 g/mol. The third kappa shape index (κ3) is 24.5. The summed E-state index contributed by atoms with van der Waals surface area (Å²) < 4.78 is 0. The van der Waals surface area contributed by atoms with E-state index in [0.717, 1.165) is 25.7 Å². The Morgan fingerprint density at radius 1 is 0.511 bits per heavy atom. The van der Waals surface area contributed by atoms with Crippen molar-refractivity contribution in [2.45, 2.75) is 205 Å². The van der Waals surface area contributed by atoms with Gasteiger partial charge in [-0.3, -0.25) is 9.59 Å². The summed E-state index contributed by atoms with van der Waals surface area (Å²) in [4.78, 5) is 27.0. The molecule has 0 radical (unpaired) electrons. The van der Waals surface area contributed by atoms with E-state index in [1.807, 2.05) is 21.1 Å². The van der Waals surface area contributed by atoms with Crippen LogP contribution in [0.5, 0.6) is 0 Å². The normalized spacial score (nSPS) is 13.9. The molecule has 276 valence electrons. The number of nitrogens with one attached hydrogen (secondary N) is 3. The fourth-order valence-electron chi connectivity index (χ4n) is 6.79. The Hall–Kier alpha value is -1.30. The Morgan fingerprint density at radius 2 is 0.872 bits per heavy atom. The van der Waals surface area contributed by atoms with Gasteiger partial charge in [0.05, 0.1) is 6.04 Å². The molecule has 0 heterocycles. The topological polar surface area (TPSA) is 70.2 Å². The standard InChI is InChI=1S/C42H81N3O2/c1-6-8-10-12-14-16-18-20-22-24-26-28-30-32-34-36-39(46)41(44-4)42(45-5,38-43-3)40(47)37-35-33-31-29-27-25-23-21-19-17-15-13-11-9-7-2/h20-23,41,43-45H,6-19,24-38H2,1-5H3. The van der Waals surface area contributed by atoms with Crippen LogP contribution in [0.1, 0.15) is 194 Å². The second kappa shape index (κ2) is 34.6. The Balaban J connectivity index is 4.26. The molecule has 0 spiro atoms. The quantitative estimate of drug-likeness (QED) is 0.0457. The highest BCUT2D eigenvalue weighted by molar-refractivity contribution is 5.98. The molecular formula is C42H81N3O2. The zero-order valence-corrected chi connectivity index (χ0v) is 32.2. The summed E-state index contributed by atoms with van der Waals surface area (Å²) in [6.45, 7) is 4.98.